The molecular formula is C20H25ClN2O2S. The molecule has 1 unspecified atom stereocenters. The number of halogens is 1. The molecule has 0 radical (unpaired) electrons. The van der Waals surface area contributed by atoms with Gasteiger partial charge in [0.2, 0.25) is 10.0 Å². The van der Waals surface area contributed by atoms with Crippen LogP contribution < -0.4 is 0 Å². The summed E-state index contributed by atoms with van der Waals surface area (Å²) in [6.45, 7) is 5.93. The Labute approximate surface area is 161 Å². The Morgan fingerprint density at radius 2 is 1.38 bits per heavy atom. The summed E-state index contributed by atoms with van der Waals surface area (Å²) in [7, 11) is -3.19. The largest absolute Gasteiger partial charge is 0.290 e. The van der Waals surface area contributed by atoms with Crippen LogP contribution in [0.1, 0.15) is 31.0 Å². The molecule has 4 nitrogen and oxygen atoms in total. The smallest absolute Gasteiger partial charge is 0.216 e. The number of hydrogen-bond acceptors (Lipinski definition) is 3. The second-order valence-corrected chi connectivity index (χ2v) is 9.82. The Kier molecular flexibility index (Phi) is 6.03. The van der Waals surface area contributed by atoms with Gasteiger partial charge < -0.3 is 0 Å². The summed E-state index contributed by atoms with van der Waals surface area (Å²) in [4.78, 5) is 2.35. The van der Waals surface area contributed by atoms with Crippen molar-refractivity contribution < 1.29 is 8.42 Å². The lowest BCUT2D eigenvalue weighted by atomic mass is 9.96. The van der Waals surface area contributed by atoms with E-state index in [0.717, 1.165) is 0 Å². The van der Waals surface area contributed by atoms with Crippen molar-refractivity contribution in [2.45, 2.75) is 25.1 Å². The van der Waals surface area contributed by atoms with Gasteiger partial charge in [0.25, 0.3) is 0 Å². The van der Waals surface area contributed by atoms with Crippen LogP contribution >= 0.6 is 11.6 Å². The minimum Gasteiger partial charge on any atom is -0.290 e. The standard InChI is InChI=1S/C20H25ClN2O2S/c1-16(2)26(24,25)23-14-12-22(13-15-23)20(17-6-4-3-5-7-17)18-8-10-19(21)11-9-18/h3-11,16,20H,12-15H2,1-2H3. The number of benzene rings is 2. The van der Waals surface area contributed by atoms with Crippen LogP contribution in [0.25, 0.3) is 0 Å². The predicted molar refractivity (Wildman–Crippen MR) is 107 cm³/mol. The molecule has 1 saturated heterocycles. The molecular weight excluding hydrogens is 368 g/mol. The van der Waals surface area contributed by atoms with E-state index in [9.17, 15) is 8.42 Å². The van der Waals surface area contributed by atoms with Crippen molar-refractivity contribution in [3.63, 3.8) is 0 Å². The zero-order valence-electron chi connectivity index (χ0n) is 15.2. The minimum absolute atomic E-state index is 0.0948. The van der Waals surface area contributed by atoms with E-state index in [0.29, 0.717) is 31.2 Å². The van der Waals surface area contributed by atoms with Gasteiger partial charge in [-0.1, -0.05) is 54.1 Å². The van der Waals surface area contributed by atoms with Gasteiger partial charge in [-0.15, -0.1) is 0 Å². The summed E-state index contributed by atoms with van der Waals surface area (Å²) in [6.07, 6.45) is 0. The molecule has 2 aromatic carbocycles. The highest BCUT2D eigenvalue weighted by molar-refractivity contribution is 7.89. The van der Waals surface area contributed by atoms with Crippen molar-refractivity contribution in [1.29, 1.82) is 0 Å². The summed E-state index contributed by atoms with van der Waals surface area (Å²) >= 11 is 6.06. The third-order valence-electron chi connectivity index (χ3n) is 4.90. The van der Waals surface area contributed by atoms with Crippen LogP contribution in [-0.2, 0) is 10.0 Å². The van der Waals surface area contributed by atoms with E-state index in [2.05, 4.69) is 29.2 Å². The molecule has 0 aliphatic carbocycles. The molecule has 1 fully saturated rings. The second kappa shape index (κ2) is 8.09. The molecule has 1 aliphatic rings. The van der Waals surface area contributed by atoms with Crippen LogP contribution in [0.15, 0.2) is 54.6 Å². The quantitative estimate of drug-likeness (QED) is 0.777. The van der Waals surface area contributed by atoms with Gasteiger partial charge in [0.15, 0.2) is 0 Å². The maximum absolute atomic E-state index is 12.4. The van der Waals surface area contributed by atoms with Crippen LogP contribution in [0.2, 0.25) is 5.02 Å². The summed E-state index contributed by atoms with van der Waals surface area (Å²) in [5.74, 6) is 0. The van der Waals surface area contributed by atoms with Gasteiger partial charge in [-0.25, -0.2) is 8.42 Å². The van der Waals surface area contributed by atoms with E-state index in [1.165, 1.54) is 11.1 Å². The van der Waals surface area contributed by atoms with Gasteiger partial charge in [-0.05, 0) is 37.1 Å². The third kappa shape index (κ3) is 4.12. The number of rotatable bonds is 5. The molecule has 0 spiro atoms. The average Bonchev–Trinajstić information content (AvgIpc) is 2.65. The number of piperazine rings is 1. The zero-order valence-corrected chi connectivity index (χ0v) is 16.7. The van der Waals surface area contributed by atoms with E-state index >= 15 is 0 Å². The Morgan fingerprint density at radius 3 is 1.92 bits per heavy atom. The highest BCUT2D eigenvalue weighted by Crippen LogP contribution is 2.30. The molecule has 0 N–H and O–H groups in total. The van der Waals surface area contributed by atoms with Crippen molar-refractivity contribution in [3.8, 4) is 0 Å². The zero-order chi connectivity index (χ0) is 18.7. The topological polar surface area (TPSA) is 40.6 Å². The van der Waals surface area contributed by atoms with Crippen molar-refractivity contribution in [2.75, 3.05) is 26.2 Å². The molecule has 3 rings (SSSR count). The molecule has 26 heavy (non-hydrogen) atoms. The number of nitrogens with zero attached hydrogens (tertiary/aromatic N) is 2. The van der Waals surface area contributed by atoms with Crippen molar-refractivity contribution in [2.24, 2.45) is 0 Å². The first-order valence-corrected chi connectivity index (χ1v) is 10.8. The highest BCUT2D eigenvalue weighted by atomic mass is 35.5. The Balaban J connectivity index is 1.84. The van der Waals surface area contributed by atoms with Crippen LogP contribution in [0, 0.1) is 0 Å². The van der Waals surface area contributed by atoms with E-state index in [1.54, 1.807) is 18.2 Å². The molecule has 1 aliphatic heterocycles. The second-order valence-electron chi connectivity index (χ2n) is 6.89. The fourth-order valence-electron chi connectivity index (χ4n) is 3.41. The highest BCUT2D eigenvalue weighted by Gasteiger charge is 2.32. The van der Waals surface area contributed by atoms with Gasteiger partial charge >= 0.3 is 0 Å². The van der Waals surface area contributed by atoms with E-state index < -0.39 is 10.0 Å². The molecule has 0 bridgehead atoms. The summed E-state index contributed by atoms with van der Waals surface area (Å²) < 4.78 is 26.5. The molecule has 1 atom stereocenters. The van der Waals surface area contributed by atoms with Gasteiger partial charge in [0.1, 0.15) is 0 Å². The average molecular weight is 393 g/mol. The molecule has 2 aromatic rings. The fourth-order valence-corrected chi connectivity index (χ4v) is 4.80. The van der Waals surface area contributed by atoms with Crippen molar-refractivity contribution in [1.82, 2.24) is 9.21 Å². The molecule has 1 heterocycles. The molecule has 0 saturated carbocycles. The molecule has 6 heteroatoms. The first kappa shape index (κ1) is 19.4. The van der Waals surface area contributed by atoms with E-state index in [4.69, 9.17) is 11.6 Å². The van der Waals surface area contributed by atoms with Crippen LogP contribution in [0.4, 0.5) is 0 Å². The maximum atomic E-state index is 12.4. The lowest BCUT2D eigenvalue weighted by Gasteiger charge is -2.39. The Hall–Kier alpha value is -1.40. The van der Waals surface area contributed by atoms with Crippen molar-refractivity contribution in [3.05, 3.63) is 70.7 Å². The minimum atomic E-state index is -3.19. The van der Waals surface area contributed by atoms with Crippen molar-refractivity contribution >= 4 is 21.6 Å². The van der Waals surface area contributed by atoms with Gasteiger partial charge in [-0.3, -0.25) is 4.90 Å². The maximum Gasteiger partial charge on any atom is 0.216 e. The normalized spacial score (nSPS) is 18.2. The third-order valence-corrected chi connectivity index (χ3v) is 7.42. The monoisotopic (exact) mass is 392 g/mol. The van der Waals surface area contributed by atoms with Gasteiger partial charge in [0, 0.05) is 31.2 Å². The lowest BCUT2D eigenvalue weighted by Crippen LogP contribution is -2.51. The van der Waals surface area contributed by atoms with Crippen LogP contribution in [-0.4, -0.2) is 49.1 Å². The van der Waals surface area contributed by atoms with E-state index in [1.807, 2.05) is 30.3 Å². The fraction of sp³-hybridized carbons (Fsp3) is 0.400. The summed E-state index contributed by atoms with van der Waals surface area (Å²) in [6, 6.07) is 18.3. The van der Waals surface area contributed by atoms with Gasteiger partial charge in [-0.2, -0.15) is 4.31 Å². The number of sulfonamides is 1. The SMILES string of the molecule is CC(C)S(=O)(=O)N1CCN(C(c2ccccc2)c2ccc(Cl)cc2)CC1. The Morgan fingerprint density at radius 1 is 0.846 bits per heavy atom. The Bertz CT molecular complexity index is 815. The van der Waals surface area contributed by atoms with Crippen LogP contribution in [0.3, 0.4) is 0 Å². The van der Waals surface area contributed by atoms with E-state index in [-0.39, 0.29) is 11.3 Å². The number of hydrogen-bond donors (Lipinski definition) is 0. The summed E-state index contributed by atoms with van der Waals surface area (Å²) in [5.41, 5.74) is 2.37. The molecule has 0 aromatic heterocycles. The lowest BCUT2D eigenvalue weighted by molar-refractivity contribution is 0.155. The van der Waals surface area contributed by atoms with Gasteiger partial charge in [0.05, 0.1) is 11.3 Å². The summed E-state index contributed by atoms with van der Waals surface area (Å²) in [5, 5.41) is 0.337. The first-order valence-electron chi connectivity index (χ1n) is 8.93. The first-order chi connectivity index (χ1) is 12.4. The molecule has 140 valence electrons. The molecule has 0 amide bonds. The van der Waals surface area contributed by atoms with Crippen LogP contribution in [0.5, 0.6) is 0 Å². The predicted octanol–water partition coefficient (Wildman–Crippen LogP) is 3.79.